The predicted molar refractivity (Wildman–Crippen MR) is 161 cm³/mol. The highest BCUT2D eigenvalue weighted by atomic mass is 16.6. The smallest absolute Gasteiger partial charge is 0.307 e. The number of methoxy groups -OCH3 is 1. The molecule has 0 saturated carbocycles. The van der Waals surface area contributed by atoms with Crippen LogP contribution in [0.2, 0.25) is 0 Å². The first-order chi connectivity index (χ1) is 21.8. The van der Waals surface area contributed by atoms with Gasteiger partial charge < -0.3 is 61.6 Å². The van der Waals surface area contributed by atoms with Crippen molar-refractivity contribution >= 4 is 5.97 Å². The fourth-order valence-corrected chi connectivity index (χ4v) is 3.03. The molecule has 14 nitrogen and oxygen atoms in total. The summed E-state index contributed by atoms with van der Waals surface area (Å²) in [6.07, 6.45) is 2.48. The molecule has 0 aromatic carbocycles. The lowest BCUT2D eigenvalue weighted by atomic mass is 10.4. The SMILES string of the molecule is CCCCOCCOCCOCCOCCOCCOCCOCCOCCOCCOCCOCCOCCC(=O)OC. The number of hydrogen-bond donors (Lipinski definition) is 0. The highest BCUT2D eigenvalue weighted by Gasteiger charge is 1.99. The molecule has 44 heavy (non-hydrogen) atoms. The fraction of sp³-hybridized carbons (Fsp3) is 0.967. The predicted octanol–water partition coefficient (Wildman–Crippen LogP) is 1.55. The number of hydrogen-bond acceptors (Lipinski definition) is 14. The minimum atomic E-state index is -0.285. The molecule has 0 radical (unpaired) electrons. The van der Waals surface area contributed by atoms with Crippen molar-refractivity contribution < 1.29 is 66.4 Å². The lowest BCUT2D eigenvalue weighted by molar-refractivity contribution is -0.141. The van der Waals surface area contributed by atoms with Gasteiger partial charge in [0.05, 0.1) is 165 Å². The van der Waals surface area contributed by atoms with Crippen LogP contribution < -0.4 is 0 Å². The van der Waals surface area contributed by atoms with Gasteiger partial charge in [-0.1, -0.05) is 13.3 Å². The number of rotatable bonds is 39. The first-order valence-electron chi connectivity index (χ1n) is 15.8. The third kappa shape index (κ3) is 39.0. The van der Waals surface area contributed by atoms with Crippen LogP contribution in [0.3, 0.4) is 0 Å². The highest BCUT2D eigenvalue weighted by molar-refractivity contribution is 5.69. The van der Waals surface area contributed by atoms with Gasteiger partial charge in [0.1, 0.15) is 0 Å². The van der Waals surface area contributed by atoms with Crippen LogP contribution in [0.4, 0.5) is 0 Å². The fourth-order valence-electron chi connectivity index (χ4n) is 3.03. The van der Waals surface area contributed by atoms with E-state index in [-0.39, 0.29) is 12.4 Å². The maximum Gasteiger partial charge on any atom is 0.307 e. The van der Waals surface area contributed by atoms with E-state index in [1.807, 2.05) is 0 Å². The van der Waals surface area contributed by atoms with Crippen molar-refractivity contribution in [3.63, 3.8) is 0 Å². The zero-order valence-corrected chi connectivity index (χ0v) is 27.3. The Hall–Kier alpha value is -1.01. The highest BCUT2D eigenvalue weighted by Crippen LogP contribution is 1.90. The van der Waals surface area contributed by atoms with E-state index in [9.17, 15) is 4.79 Å². The van der Waals surface area contributed by atoms with Crippen molar-refractivity contribution in [3.8, 4) is 0 Å². The second kappa shape index (κ2) is 40.0. The van der Waals surface area contributed by atoms with Gasteiger partial charge in [-0.25, -0.2) is 0 Å². The van der Waals surface area contributed by atoms with E-state index in [0.717, 1.165) is 19.4 Å². The summed E-state index contributed by atoms with van der Waals surface area (Å²) in [5.41, 5.74) is 0. The molecule has 0 bridgehead atoms. The monoisotopic (exact) mass is 644 g/mol. The van der Waals surface area contributed by atoms with E-state index < -0.39 is 0 Å². The summed E-state index contributed by atoms with van der Waals surface area (Å²) in [6, 6.07) is 0. The summed E-state index contributed by atoms with van der Waals surface area (Å²) in [7, 11) is 1.35. The number of esters is 1. The Morgan fingerprint density at radius 2 is 0.545 bits per heavy atom. The van der Waals surface area contributed by atoms with Crippen LogP contribution in [0.1, 0.15) is 26.2 Å². The first-order valence-corrected chi connectivity index (χ1v) is 15.8. The van der Waals surface area contributed by atoms with E-state index in [2.05, 4.69) is 11.7 Å². The molecule has 0 aromatic heterocycles. The molecule has 264 valence electrons. The minimum Gasteiger partial charge on any atom is -0.469 e. The van der Waals surface area contributed by atoms with Gasteiger partial charge >= 0.3 is 5.97 Å². The van der Waals surface area contributed by atoms with Crippen molar-refractivity contribution in [1.29, 1.82) is 0 Å². The average molecular weight is 645 g/mol. The molecule has 0 rings (SSSR count). The van der Waals surface area contributed by atoms with Crippen LogP contribution >= 0.6 is 0 Å². The van der Waals surface area contributed by atoms with Gasteiger partial charge in [-0.05, 0) is 6.42 Å². The number of unbranched alkanes of at least 4 members (excludes halogenated alkanes) is 1. The molecule has 0 saturated heterocycles. The number of carbonyl (C=O) groups is 1. The van der Waals surface area contributed by atoms with Crippen LogP contribution in [0.15, 0.2) is 0 Å². The Balaban J connectivity index is 3.04. The van der Waals surface area contributed by atoms with Crippen molar-refractivity contribution in [2.45, 2.75) is 26.2 Å². The molecule has 0 atom stereocenters. The first kappa shape index (κ1) is 43.0. The summed E-state index contributed by atoms with van der Waals surface area (Å²) in [6.45, 7) is 14.6. The Morgan fingerprint density at radius 3 is 0.750 bits per heavy atom. The standard InChI is InChI=1S/C30H60O14/c1-3-4-6-33-8-10-35-12-14-37-16-18-39-20-22-41-24-26-43-28-29-44-27-25-42-23-21-40-19-17-38-15-13-36-11-9-34-7-5-30(31)32-2/h3-29H2,1-2H3. The Bertz CT molecular complexity index is 544. The molecule has 0 aliphatic heterocycles. The zero-order valence-electron chi connectivity index (χ0n) is 27.3. The van der Waals surface area contributed by atoms with E-state index in [0.29, 0.717) is 152 Å². The van der Waals surface area contributed by atoms with Crippen molar-refractivity contribution in [3.05, 3.63) is 0 Å². The molecule has 0 N–H and O–H groups in total. The van der Waals surface area contributed by atoms with Crippen LogP contribution in [0.5, 0.6) is 0 Å². The minimum absolute atomic E-state index is 0.246. The van der Waals surface area contributed by atoms with Crippen molar-refractivity contribution in [1.82, 2.24) is 0 Å². The van der Waals surface area contributed by atoms with Gasteiger partial charge in [0.25, 0.3) is 0 Å². The third-order valence-electron chi connectivity index (χ3n) is 5.41. The molecule has 0 aliphatic rings. The molecular weight excluding hydrogens is 584 g/mol. The molecular formula is C30H60O14. The lowest BCUT2D eigenvalue weighted by Gasteiger charge is -2.09. The zero-order chi connectivity index (χ0) is 31.9. The van der Waals surface area contributed by atoms with Crippen molar-refractivity contribution in [2.75, 3.05) is 166 Å². The van der Waals surface area contributed by atoms with E-state index >= 15 is 0 Å². The van der Waals surface area contributed by atoms with Gasteiger partial charge in [0.15, 0.2) is 0 Å². The molecule has 0 spiro atoms. The van der Waals surface area contributed by atoms with Gasteiger partial charge in [-0.2, -0.15) is 0 Å². The number of carbonyl (C=O) groups excluding carboxylic acids is 1. The van der Waals surface area contributed by atoms with Crippen LogP contribution in [-0.4, -0.2) is 172 Å². The maximum absolute atomic E-state index is 10.9. The van der Waals surface area contributed by atoms with Gasteiger partial charge in [-0.3, -0.25) is 4.79 Å². The molecule has 14 heteroatoms. The van der Waals surface area contributed by atoms with Crippen LogP contribution in [-0.2, 0) is 66.4 Å². The molecule has 0 aliphatic carbocycles. The summed E-state index contributed by atoms with van der Waals surface area (Å²) >= 11 is 0. The summed E-state index contributed by atoms with van der Waals surface area (Å²) < 4.78 is 69.6. The Morgan fingerprint density at radius 1 is 0.341 bits per heavy atom. The second-order valence-electron chi connectivity index (χ2n) is 9.03. The van der Waals surface area contributed by atoms with Gasteiger partial charge in [-0.15, -0.1) is 0 Å². The lowest BCUT2D eigenvalue weighted by Crippen LogP contribution is -2.15. The molecule has 0 unspecified atom stereocenters. The van der Waals surface area contributed by atoms with E-state index in [4.69, 9.17) is 56.8 Å². The molecule has 0 amide bonds. The third-order valence-corrected chi connectivity index (χ3v) is 5.41. The van der Waals surface area contributed by atoms with E-state index in [1.54, 1.807) is 0 Å². The Kier molecular flexibility index (Phi) is 39.1. The topological polar surface area (TPSA) is 137 Å². The van der Waals surface area contributed by atoms with Crippen LogP contribution in [0, 0.1) is 0 Å². The van der Waals surface area contributed by atoms with E-state index in [1.165, 1.54) is 7.11 Å². The number of ether oxygens (including phenoxy) is 13. The van der Waals surface area contributed by atoms with Crippen LogP contribution in [0.25, 0.3) is 0 Å². The summed E-state index contributed by atoms with van der Waals surface area (Å²) in [4.78, 5) is 10.9. The largest absolute Gasteiger partial charge is 0.469 e. The second-order valence-corrected chi connectivity index (χ2v) is 9.03. The average Bonchev–Trinajstić information content (AvgIpc) is 3.04. The molecule has 0 aromatic rings. The summed E-state index contributed by atoms with van der Waals surface area (Å²) in [5, 5.41) is 0. The molecule has 0 heterocycles. The molecule has 0 fully saturated rings. The van der Waals surface area contributed by atoms with Gasteiger partial charge in [0.2, 0.25) is 0 Å². The quantitative estimate of drug-likeness (QED) is 0.0707. The van der Waals surface area contributed by atoms with Crippen molar-refractivity contribution in [2.24, 2.45) is 0 Å². The Labute approximate surface area is 264 Å². The summed E-state index contributed by atoms with van der Waals surface area (Å²) in [5.74, 6) is -0.285. The van der Waals surface area contributed by atoms with Gasteiger partial charge in [0, 0.05) is 6.61 Å². The maximum atomic E-state index is 10.9. The normalized spacial score (nSPS) is 11.4.